The Morgan fingerprint density at radius 2 is 2.00 bits per heavy atom. The number of aliphatic carboxylic acids is 1. The fourth-order valence-electron chi connectivity index (χ4n) is 3.06. The van der Waals surface area contributed by atoms with Crippen molar-refractivity contribution in [2.24, 2.45) is 5.92 Å². The van der Waals surface area contributed by atoms with E-state index in [4.69, 9.17) is 14.6 Å². The van der Waals surface area contributed by atoms with Gasteiger partial charge in [0, 0.05) is 19.5 Å². The van der Waals surface area contributed by atoms with Gasteiger partial charge in [-0.2, -0.15) is 0 Å². The smallest absolute Gasteiger partial charge is 0.308 e. The first-order chi connectivity index (χ1) is 12.5. The van der Waals surface area contributed by atoms with Crippen LogP contribution in [0.1, 0.15) is 51.5 Å². The zero-order valence-corrected chi connectivity index (χ0v) is 15.7. The fraction of sp³-hybridized carbons (Fsp3) is 0.600. The van der Waals surface area contributed by atoms with Crippen LogP contribution >= 0.6 is 0 Å². The van der Waals surface area contributed by atoms with Gasteiger partial charge in [0.25, 0.3) is 0 Å². The number of hydrogen-bond acceptors (Lipinski definition) is 4. The van der Waals surface area contributed by atoms with Crippen molar-refractivity contribution >= 4 is 11.9 Å². The number of hydrogen-bond donors (Lipinski definition) is 1. The Morgan fingerprint density at radius 1 is 1.19 bits per heavy atom. The first kappa shape index (κ1) is 20.1. The maximum absolute atomic E-state index is 12.0. The Kier molecular flexibility index (Phi) is 7.75. The molecule has 1 N–H and O–H groups in total. The molecule has 1 aromatic carbocycles. The lowest BCUT2D eigenvalue weighted by Crippen LogP contribution is -2.25. The molecule has 1 atom stereocenters. The molecule has 6 heteroatoms. The van der Waals surface area contributed by atoms with E-state index in [1.165, 1.54) is 12.8 Å². The lowest BCUT2D eigenvalue weighted by molar-refractivity contribution is -0.141. The van der Waals surface area contributed by atoms with Crippen molar-refractivity contribution in [2.45, 2.75) is 52.5 Å². The molecule has 0 aliphatic carbocycles. The minimum atomic E-state index is -0.914. The van der Waals surface area contributed by atoms with Crippen molar-refractivity contribution in [3.63, 3.8) is 0 Å². The lowest BCUT2D eigenvalue weighted by atomic mass is 10.1. The number of carbonyl (C=O) groups excluding carboxylic acids is 1. The van der Waals surface area contributed by atoms with E-state index in [-0.39, 0.29) is 18.9 Å². The average molecular weight is 363 g/mol. The van der Waals surface area contributed by atoms with Crippen molar-refractivity contribution in [1.29, 1.82) is 0 Å². The summed E-state index contributed by atoms with van der Waals surface area (Å²) in [6, 6.07) is 5.66. The summed E-state index contributed by atoms with van der Waals surface area (Å²) in [6.07, 6.45) is 4.64. The third-order valence-corrected chi connectivity index (χ3v) is 4.50. The molecule has 0 aromatic heterocycles. The van der Waals surface area contributed by atoms with Gasteiger partial charge in [0.2, 0.25) is 5.91 Å². The van der Waals surface area contributed by atoms with Crippen LogP contribution in [0.4, 0.5) is 0 Å². The molecule has 6 nitrogen and oxygen atoms in total. The standard InChI is InChI=1S/C20H29NO5/c1-3-5-6-7-10-26-17-9-8-15(11-18(17)25-4-2)13-21-14-16(20(23)24)12-19(21)22/h8-9,11,16H,3-7,10,12-14H2,1-2H3,(H,23,24). The molecule has 0 spiro atoms. The van der Waals surface area contributed by atoms with E-state index >= 15 is 0 Å². The Bertz CT molecular complexity index is 616. The lowest BCUT2D eigenvalue weighted by Gasteiger charge is -2.18. The van der Waals surface area contributed by atoms with E-state index in [0.717, 1.165) is 18.4 Å². The topological polar surface area (TPSA) is 76.1 Å². The summed E-state index contributed by atoms with van der Waals surface area (Å²) >= 11 is 0. The van der Waals surface area contributed by atoms with Gasteiger partial charge in [-0.3, -0.25) is 9.59 Å². The monoisotopic (exact) mass is 363 g/mol. The van der Waals surface area contributed by atoms with Crippen molar-refractivity contribution in [2.75, 3.05) is 19.8 Å². The molecule has 2 rings (SSSR count). The molecule has 26 heavy (non-hydrogen) atoms. The van der Waals surface area contributed by atoms with Gasteiger partial charge >= 0.3 is 5.97 Å². The maximum atomic E-state index is 12.0. The minimum Gasteiger partial charge on any atom is -0.490 e. The molecule has 1 saturated heterocycles. The Balaban J connectivity index is 1.98. The van der Waals surface area contributed by atoms with Gasteiger partial charge in [0.05, 0.1) is 19.1 Å². The SMILES string of the molecule is CCCCCCOc1ccc(CN2CC(C(=O)O)CC2=O)cc1OCC. The highest BCUT2D eigenvalue weighted by Gasteiger charge is 2.34. The molecule has 1 heterocycles. The van der Waals surface area contributed by atoms with Crippen molar-refractivity contribution in [1.82, 2.24) is 4.90 Å². The van der Waals surface area contributed by atoms with E-state index in [9.17, 15) is 9.59 Å². The van der Waals surface area contributed by atoms with E-state index < -0.39 is 11.9 Å². The van der Waals surface area contributed by atoms with Crippen LogP contribution in [0.5, 0.6) is 11.5 Å². The number of ether oxygens (including phenoxy) is 2. The van der Waals surface area contributed by atoms with Gasteiger partial charge in [-0.05, 0) is 31.0 Å². The number of unbranched alkanes of at least 4 members (excludes halogenated alkanes) is 3. The van der Waals surface area contributed by atoms with Gasteiger partial charge in [0.1, 0.15) is 0 Å². The summed E-state index contributed by atoms with van der Waals surface area (Å²) in [4.78, 5) is 24.7. The van der Waals surface area contributed by atoms with Crippen molar-refractivity contribution < 1.29 is 24.2 Å². The number of likely N-dealkylation sites (tertiary alicyclic amines) is 1. The molecular weight excluding hydrogens is 334 g/mol. The molecular formula is C20H29NO5. The third kappa shape index (κ3) is 5.64. The van der Waals surface area contributed by atoms with E-state index in [1.807, 2.05) is 25.1 Å². The summed E-state index contributed by atoms with van der Waals surface area (Å²) in [7, 11) is 0. The highest BCUT2D eigenvalue weighted by molar-refractivity contribution is 5.86. The van der Waals surface area contributed by atoms with Gasteiger partial charge in [-0.15, -0.1) is 0 Å². The van der Waals surface area contributed by atoms with Crippen LogP contribution in [0.2, 0.25) is 0 Å². The second-order valence-corrected chi connectivity index (χ2v) is 6.64. The number of benzene rings is 1. The van der Waals surface area contributed by atoms with Crippen LogP contribution in [-0.2, 0) is 16.1 Å². The number of carboxylic acid groups (broad SMARTS) is 1. The Morgan fingerprint density at radius 3 is 2.65 bits per heavy atom. The van der Waals surface area contributed by atoms with Crippen LogP contribution in [-0.4, -0.2) is 41.6 Å². The normalized spacial score (nSPS) is 16.8. The van der Waals surface area contributed by atoms with Gasteiger partial charge < -0.3 is 19.5 Å². The van der Waals surface area contributed by atoms with Crippen LogP contribution in [0, 0.1) is 5.92 Å². The average Bonchev–Trinajstić information content (AvgIpc) is 2.98. The minimum absolute atomic E-state index is 0.0760. The number of nitrogens with zero attached hydrogens (tertiary/aromatic N) is 1. The van der Waals surface area contributed by atoms with Crippen LogP contribution < -0.4 is 9.47 Å². The van der Waals surface area contributed by atoms with Crippen LogP contribution in [0.3, 0.4) is 0 Å². The summed E-state index contributed by atoms with van der Waals surface area (Å²) in [5, 5.41) is 9.09. The summed E-state index contributed by atoms with van der Waals surface area (Å²) in [5.74, 6) is -0.265. The Hall–Kier alpha value is -2.24. The second-order valence-electron chi connectivity index (χ2n) is 6.64. The third-order valence-electron chi connectivity index (χ3n) is 4.50. The molecule has 1 aliphatic heterocycles. The maximum Gasteiger partial charge on any atom is 0.308 e. The zero-order chi connectivity index (χ0) is 18.9. The number of carbonyl (C=O) groups is 2. The van der Waals surface area contributed by atoms with E-state index in [0.29, 0.717) is 31.3 Å². The molecule has 1 aliphatic rings. The molecule has 144 valence electrons. The molecule has 0 saturated carbocycles. The van der Waals surface area contributed by atoms with Crippen molar-refractivity contribution in [3.8, 4) is 11.5 Å². The second kappa shape index (κ2) is 10.0. The van der Waals surface area contributed by atoms with Crippen LogP contribution in [0.15, 0.2) is 18.2 Å². The molecule has 1 amide bonds. The molecule has 0 radical (unpaired) electrons. The molecule has 1 fully saturated rings. The quantitative estimate of drug-likeness (QED) is 0.609. The summed E-state index contributed by atoms with van der Waals surface area (Å²) in [6.45, 7) is 5.92. The largest absolute Gasteiger partial charge is 0.490 e. The summed E-state index contributed by atoms with van der Waals surface area (Å²) in [5.41, 5.74) is 0.908. The van der Waals surface area contributed by atoms with Crippen LogP contribution in [0.25, 0.3) is 0 Å². The van der Waals surface area contributed by atoms with Gasteiger partial charge in [-0.1, -0.05) is 32.3 Å². The molecule has 0 bridgehead atoms. The Labute approximate surface area is 155 Å². The fourth-order valence-corrected chi connectivity index (χ4v) is 3.06. The van der Waals surface area contributed by atoms with E-state index in [1.54, 1.807) is 4.90 Å². The molecule has 1 aromatic rings. The van der Waals surface area contributed by atoms with Crippen molar-refractivity contribution in [3.05, 3.63) is 23.8 Å². The first-order valence-electron chi connectivity index (χ1n) is 9.44. The van der Waals surface area contributed by atoms with Gasteiger partial charge in [0.15, 0.2) is 11.5 Å². The molecule has 1 unspecified atom stereocenters. The zero-order valence-electron chi connectivity index (χ0n) is 15.7. The highest BCUT2D eigenvalue weighted by Crippen LogP contribution is 2.30. The number of carboxylic acids is 1. The number of amides is 1. The predicted molar refractivity (Wildman–Crippen MR) is 98.4 cm³/mol. The van der Waals surface area contributed by atoms with E-state index in [2.05, 4.69) is 6.92 Å². The number of rotatable bonds is 11. The first-order valence-corrected chi connectivity index (χ1v) is 9.44. The summed E-state index contributed by atoms with van der Waals surface area (Å²) < 4.78 is 11.5. The predicted octanol–water partition coefficient (Wildman–Crippen LogP) is 3.48. The van der Waals surface area contributed by atoms with Gasteiger partial charge in [-0.25, -0.2) is 0 Å². The highest BCUT2D eigenvalue weighted by atomic mass is 16.5.